The van der Waals surface area contributed by atoms with E-state index in [1.807, 2.05) is 30.5 Å². The number of carbonyl (C=O) groups is 1. The lowest BCUT2D eigenvalue weighted by molar-refractivity contribution is 0.0698. The minimum absolute atomic E-state index is 0.0395. The van der Waals surface area contributed by atoms with Gasteiger partial charge < -0.3 is 9.47 Å². The molecule has 2 heterocycles. The van der Waals surface area contributed by atoms with Crippen LogP contribution in [0.4, 0.5) is 0 Å². The number of aromatic nitrogens is 1. The average molecular weight is 349 g/mol. The predicted molar refractivity (Wildman–Crippen MR) is 94.6 cm³/mol. The molecule has 0 saturated carbocycles. The number of rotatable bonds is 3. The van der Waals surface area contributed by atoms with Crippen molar-refractivity contribution in [1.29, 1.82) is 0 Å². The Kier molecular flexibility index (Phi) is 4.40. The van der Waals surface area contributed by atoms with Gasteiger partial charge in [-0.2, -0.15) is 4.31 Å². The lowest BCUT2D eigenvalue weighted by Gasteiger charge is -2.33. The predicted octanol–water partition coefficient (Wildman–Crippen LogP) is 1.94. The molecule has 2 aromatic rings. The molecular formula is C17H23N3O3S. The number of benzene rings is 1. The maximum absolute atomic E-state index is 12.7. The van der Waals surface area contributed by atoms with E-state index in [0.717, 1.165) is 10.9 Å². The minimum atomic E-state index is -3.18. The van der Waals surface area contributed by atoms with Crippen LogP contribution >= 0.6 is 0 Å². The molecule has 1 aromatic heterocycles. The lowest BCUT2D eigenvalue weighted by atomic mass is 10.1. The highest BCUT2D eigenvalue weighted by Crippen LogP contribution is 2.22. The van der Waals surface area contributed by atoms with Crippen LogP contribution in [0, 0.1) is 0 Å². The Balaban J connectivity index is 1.77. The molecule has 1 fully saturated rings. The highest BCUT2D eigenvalue weighted by Gasteiger charge is 2.26. The quantitative estimate of drug-likeness (QED) is 0.851. The third kappa shape index (κ3) is 3.18. The van der Waals surface area contributed by atoms with E-state index in [1.165, 1.54) is 10.6 Å². The van der Waals surface area contributed by atoms with E-state index in [-0.39, 0.29) is 5.91 Å². The molecule has 1 aliphatic rings. The fourth-order valence-corrected chi connectivity index (χ4v) is 3.98. The molecule has 0 radical (unpaired) electrons. The summed E-state index contributed by atoms with van der Waals surface area (Å²) in [5, 5.41) is 1.05. The van der Waals surface area contributed by atoms with Crippen LogP contribution in [0.25, 0.3) is 10.9 Å². The van der Waals surface area contributed by atoms with Crippen molar-refractivity contribution in [2.75, 3.05) is 32.4 Å². The Morgan fingerprint density at radius 2 is 1.75 bits per heavy atom. The van der Waals surface area contributed by atoms with Crippen LogP contribution in [0.2, 0.25) is 0 Å². The second kappa shape index (κ2) is 6.22. The van der Waals surface area contributed by atoms with Crippen molar-refractivity contribution in [3.8, 4) is 0 Å². The molecule has 3 rings (SSSR count). The first-order valence-corrected chi connectivity index (χ1v) is 9.97. The van der Waals surface area contributed by atoms with Gasteiger partial charge in [0.1, 0.15) is 0 Å². The molecule has 1 aliphatic heterocycles. The monoisotopic (exact) mass is 349 g/mol. The van der Waals surface area contributed by atoms with E-state index < -0.39 is 10.0 Å². The molecule has 130 valence electrons. The van der Waals surface area contributed by atoms with Crippen molar-refractivity contribution in [1.82, 2.24) is 13.8 Å². The maximum atomic E-state index is 12.7. The van der Waals surface area contributed by atoms with Crippen molar-refractivity contribution in [2.24, 2.45) is 0 Å². The summed E-state index contributed by atoms with van der Waals surface area (Å²) in [5.74, 6) is -0.0395. The number of fused-ring (bicyclic) bond motifs is 1. The van der Waals surface area contributed by atoms with Gasteiger partial charge in [0, 0.05) is 54.9 Å². The highest BCUT2D eigenvalue weighted by atomic mass is 32.2. The zero-order chi connectivity index (χ0) is 17.5. The summed E-state index contributed by atoms with van der Waals surface area (Å²) in [6, 6.07) is 8.14. The van der Waals surface area contributed by atoms with E-state index in [4.69, 9.17) is 0 Å². The Morgan fingerprint density at radius 3 is 2.33 bits per heavy atom. The van der Waals surface area contributed by atoms with Crippen molar-refractivity contribution >= 4 is 26.8 Å². The zero-order valence-corrected chi connectivity index (χ0v) is 15.1. The van der Waals surface area contributed by atoms with Crippen LogP contribution in [-0.4, -0.2) is 60.5 Å². The van der Waals surface area contributed by atoms with Gasteiger partial charge in [0.05, 0.1) is 6.26 Å². The van der Waals surface area contributed by atoms with Gasteiger partial charge in [-0.1, -0.05) is 0 Å². The molecule has 1 saturated heterocycles. The summed E-state index contributed by atoms with van der Waals surface area (Å²) in [7, 11) is -3.18. The van der Waals surface area contributed by atoms with Gasteiger partial charge in [0.15, 0.2) is 0 Å². The van der Waals surface area contributed by atoms with Crippen molar-refractivity contribution < 1.29 is 13.2 Å². The van der Waals surface area contributed by atoms with Gasteiger partial charge in [0.25, 0.3) is 5.91 Å². The second-order valence-corrected chi connectivity index (χ2v) is 8.53. The fourth-order valence-electron chi connectivity index (χ4n) is 3.15. The smallest absolute Gasteiger partial charge is 0.253 e. The SMILES string of the molecule is CC(C)n1ccc2cc(C(=O)N3CCN(S(C)(=O)=O)CC3)ccc21. The standard InChI is InChI=1S/C17H23N3O3S/c1-13(2)20-7-6-14-12-15(4-5-16(14)20)17(21)18-8-10-19(11-9-18)24(3,22)23/h4-7,12-13H,8-11H2,1-3H3. The number of sulfonamides is 1. The second-order valence-electron chi connectivity index (χ2n) is 6.54. The van der Waals surface area contributed by atoms with E-state index in [0.29, 0.717) is 37.8 Å². The van der Waals surface area contributed by atoms with Crippen molar-refractivity contribution in [3.05, 3.63) is 36.0 Å². The van der Waals surface area contributed by atoms with Gasteiger partial charge in [-0.25, -0.2) is 8.42 Å². The fraction of sp³-hybridized carbons (Fsp3) is 0.471. The van der Waals surface area contributed by atoms with Crippen LogP contribution in [-0.2, 0) is 10.0 Å². The van der Waals surface area contributed by atoms with Gasteiger partial charge in [-0.3, -0.25) is 4.79 Å². The number of hydrogen-bond donors (Lipinski definition) is 0. The van der Waals surface area contributed by atoms with Gasteiger partial charge in [-0.05, 0) is 38.1 Å². The topological polar surface area (TPSA) is 62.6 Å². The third-order valence-corrected chi connectivity index (χ3v) is 5.82. The van der Waals surface area contributed by atoms with Crippen LogP contribution in [0.15, 0.2) is 30.5 Å². The molecule has 7 heteroatoms. The highest BCUT2D eigenvalue weighted by molar-refractivity contribution is 7.88. The molecule has 0 spiro atoms. The number of carbonyl (C=O) groups excluding carboxylic acids is 1. The Labute approximate surface area is 142 Å². The summed E-state index contributed by atoms with van der Waals surface area (Å²) in [5.41, 5.74) is 1.76. The molecular weight excluding hydrogens is 326 g/mol. The molecule has 0 unspecified atom stereocenters. The normalized spacial score (nSPS) is 16.9. The molecule has 0 N–H and O–H groups in total. The molecule has 0 aliphatic carbocycles. The first kappa shape index (κ1) is 17.0. The average Bonchev–Trinajstić information content (AvgIpc) is 2.96. The Hall–Kier alpha value is -1.86. The molecule has 0 bridgehead atoms. The molecule has 1 aromatic carbocycles. The number of amides is 1. The Morgan fingerprint density at radius 1 is 1.08 bits per heavy atom. The van der Waals surface area contributed by atoms with Gasteiger partial charge in [-0.15, -0.1) is 0 Å². The summed E-state index contributed by atoms with van der Waals surface area (Å²) >= 11 is 0. The third-order valence-electron chi connectivity index (χ3n) is 4.52. The van der Waals surface area contributed by atoms with E-state index in [1.54, 1.807) is 4.90 Å². The van der Waals surface area contributed by atoms with E-state index in [9.17, 15) is 13.2 Å². The first-order valence-electron chi connectivity index (χ1n) is 8.12. The molecule has 6 nitrogen and oxygen atoms in total. The van der Waals surface area contributed by atoms with Gasteiger partial charge in [0.2, 0.25) is 10.0 Å². The first-order chi connectivity index (χ1) is 11.3. The number of piperazine rings is 1. The minimum Gasteiger partial charge on any atom is -0.345 e. The lowest BCUT2D eigenvalue weighted by Crippen LogP contribution is -2.50. The van der Waals surface area contributed by atoms with Crippen molar-refractivity contribution in [2.45, 2.75) is 19.9 Å². The van der Waals surface area contributed by atoms with Crippen LogP contribution < -0.4 is 0 Å². The number of nitrogens with zero attached hydrogens (tertiary/aromatic N) is 3. The maximum Gasteiger partial charge on any atom is 0.253 e. The van der Waals surface area contributed by atoms with E-state index >= 15 is 0 Å². The summed E-state index contributed by atoms with van der Waals surface area (Å²) < 4.78 is 26.7. The largest absolute Gasteiger partial charge is 0.345 e. The van der Waals surface area contributed by atoms with E-state index in [2.05, 4.69) is 18.4 Å². The van der Waals surface area contributed by atoms with Crippen molar-refractivity contribution in [3.63, 3.8) is 0 Å². The van der Waals surface area contributed by atoms with Crippen LogP contribution in [0.3, 0.4) is 0 Å². The molecule has 24 heavy (non-hydrogen) atoms. The summed E-state index contributed by atoms with van der Waals surface area (Å²) in [4.78, 5) is 14.4. The molecule has 1 amide bonds. The summed E-state index contributed by atoms with van der Waals surface area (Å²) in [6.07, 6.45) is 3.24. The van der Waals surface area contributed by atoms with Crippen LogP contribution in [0.5, 0.6) is 0 Å². The van der Waals surface area contributed by atoms with Gasteiger partial charge >= 0.3 is 0 Å². The Bertz CT molecular complexity index is 862. The van der Waals surface area contributed by atoms with Crippen LogP contribution in [0.1, 0.15) is 30.2 Å². The number of hydrogen-bond acceptors (Lipinski definition) is 3. The molecule has 0 atom stereocenters. The zero-order valence-electron chi connectivity index (χ0n) is 14.3. The summed E-state index contributed by atoms with van der Waals surface area (Å²) in [6.45, 7) is 5.82.